The first kappa shape index (κ1) is 26.3. The van der Waals surface area contributed by atoms with Crippen LogP contribution in [-0.2, 0) is 25.4 Å². The lowest BCUT2D eigenvalue weighted by atomic mass is 9.71. The Bertz CT molecular complexity index is 1220. The molecule has 0 amide bonds. The van der Waals surface area contributed by atoms with Gasteiger partial charge in [0.25, 0.3) is 0 Å². The number of rotatable bonds is 8. The molecule has 4 heteroatoms. The molecule has 2 atom stereocenters. The molecule has 1 saturated heterocycles. The zero-order chi connectivity index (χ0) is 26.8. The number of hydrogen-bond donors (Lipinski definition) is 1. The number of benzene rings is 4. The van der Waals surface area contributed by atoms with Gasteiger partial charge in [-0.2, -0.15) is 0 Å². The van der Waals surface area contributed by atoms with E-state index in [9.17, 15) is 5.11 Å². The molecule has 1 aliphatic heterocycles. The van der Waals surface area contributed by atoms with E-state index in [4.69, 9.17) is 14.2 Å². The van der Waals surface area contributed by atoms with Gasteiger partial charge in [-0.05, 0) is 49.9 Å². The Morgan fingerprint density at radius 3 is 1.32 bits per heavy atom. The molecule has 0 radical (unpaired) electrons. The molecule has 38 heavy (non-hydrogen) atoms. The van der Waals surface area contributed by atoms with Crippen molar-refractivity contribution in [1.82, 2.24) is 0 Å². The van der Waals surface area contributed by atoms with E-state index in [-0.39, 0.29) is 6.10 Å². The first-order valence-corrected chi connectivity index (χ1v) is 13.3. The lowest BCUT2D eigenvalue weighted by molar-refractivity contribution is -0.184. The van der Waals surface area contributed by atoms with Gasteiger partial charge >= 0.3 is 0 Å². The third-order valence-electron chi connectivity index (χ3n) is 7.16. The molecular formula is C34H36O4. The van der Waals surface area contributed by atoms with Crippen molar-refractivity contribution < 1.29 is 19.3 Å². The second kappa shape index (κ2) is 10.5. The number of ether oxygens (including phenoxy) is 3. The van der Waals surface area contributed by atoms with Crippen LogP contribution in [0.25, 0.3) is 0 Å². The smallest absolute Gasteiger partial charge is 0.164 e. The lowest BCUT2D eigenvalue weighted by Crippen LogP contribution is -2.56. The van der Waals surface area contributed by atoms with E-state index >= 15 is 0 Å². The van der Waals surface area contributed by atoms with Gasteiger partial charge in [-0.25, -0.2) is 0 Å². The highest BCUT2D eigenvalue weighted by molar-refractivity contribution is 5.44. The van der Waals surface area contributed by atoms with Gasteiger partial charge in [-0.15, -0.1) is 0 Å². The Morgan fingerprint density at radius 1 is 0.605 bits per heavy atom. The monoisotopic (exact) mass is 508 g/mol. The number of aliphatic hydroxyl groups is 1. The van der Waals surface area contributed by atoms with E-state index in [1.807, 2.05) is 125 Å². The van der Waals surface area contributed by atoms with E-state index in [1.165, 1.54) is 0 Å². The van der Waals surface area contributed by atoms with Crippen LogP contribution in [-0.4, -0.2) is 29.2 Å². The molecule has 0 aromatic heterocycles. The zero-order valence-corrected chi connectivity index (χ0v) is 22.5. The highest BCUT2D eigenvalue weighted by Gasteiger charge is 2.62. The Balaban J connectivity index is 1.81. The summed E-state index contributed by atoms with van der Waals surface area (Å²) in [4.78, 5) is 0. The van der Waals surface area contributed by atoms with Crippen LogP contribution in [0.5, 0.6) is 0 Å². The van der Waals surface area contributed by atoms with Gasteiger partial charge in [0, 0.05) is 0 Å². The second-order valence-electron chi connectivity index (χ2n) is 10.6. The normalized spacial score (nSPS) is 19.5. The van der Waals surface area contributed by atoms with Crippen molar-refractivity contribution in [3.05, 3.63) is 144 Å². The van der Waals surface area contributed by atoms with Crippen molar-refractivity contribution in [2.24, 2.45) is 0 Å². The first-order chi connectivity index (χ1) is 18.3. The van der Waals surface area contributed by atoms with Gasteiger partial charge in [-0.1, -0.05) is 121 Å². The summed E-state index contributed by atoms with van der Waals surface area (Å²) in [5, 5.41) is 12.9. The molecule has 1 N–H and O–H groups in total. The Hall–Kier alpha value is -3.28. The molecule has 0 bridgehead atoms. The van der Waals surface area contributed by atoms with E-state index in [0.717, 1.165) is 22.3 Å². The van der Waals surface area contributed by atoms with Gasteiger partial charge in [-0.3, -0.25) is 0 Å². The molecule has 4 nitrogen and oxygen atoms in total. The summed E-state index contributed by atoms with van der Waals surface area (Å²) in [6.07, 6.45) is -1.68. The van der Waals surface area contributed by atoms with Crippen LogP contribution in [0.2, 0.25) is 0 Å². The minimum Gasteiger partial charge on any atom is -0.378 e. The van der Waals surface area contributed by atoms with Gasteiger partial charge in [0.05, 0.1) is 6.10 Å². The predicted molar refractivity (Wildman–Crippen MR) is 150 cm³/mol. The topological polar surface area (TPSA) is 47.9 Å². The van der Waals surface area contributed by atoms with Crippen LogP contribution in [0.1, 0.15) is 49.9 Å². The zero-order valence-electron chi connectivity index (χ0n) is 22.5. The second-order valence-corrected chi connectivity index (χ2v) is 10.6. The van der Waals surface area contributed by atoms with Crippen molar-refractivity contribution in [2.45, 2.75) is 63.0 Å². The summed E-state index contributed by atoms with van der Waals surface area (Å²) in [6, 6.07) is 39.7. The average molecular weight is 509 g/mol. The van der Waals surface area contributed by atoms with E-state index in [0.29, 0.717) is 0 Å². The van der Waals surface area contributed by atoms with Crippen molar-refractivity contribution in [2.75, 3.05) is 0 Å². The molecule has 5 rings (SSSR count). The first-order valence-electron chi connectivity index (χ1n) is 13.3. The maximum Gasteiger partial charge on any atom is 0.164 e. The van der Waals surface area contributed by atoms with Crippen LogP contribution in [0, 0.1) is 0 Å². The van der Waals surface area contributed by atoms with Crippen LogP contribution in [0.15, 0.2) is 121 Å². The molecule has 1 heterocycles. The van der Waals surface area contributed by atoms with E-state index in [2.05, 4.69) is 24.3 Å². The van der Waals surface area contributed by atoms with Crippen LogP contribution in [0.4, 0.5) is 0 Å². The molecule has 0 saturated carbocycles. The highest BCUT2D eigenvalue weighted by atomic mass is 16.8. The van der Waals surface area contributed by atoms with Crippen molar-refractivity contribution >= 4 is 0 Å². The largest absolute Gasteiger partial charge is 0.378 e. The lowest BCUT2D eigenvalue weighted by Gasteiger charge is -2.46. The summed E-state index contributed by atoms with van der Waals surface area (Å²) in [6.45, 7) is 7.84. The Morgan fingerprint density at radius 2 is 0.947 bits per heavy atom. The van der Waals surface area contributed by atoms with Crippen LogP contribution < -0.4 is 0 Å². The molecule has 0 unspecified atom stereocenters. The van der Waals surface area contributed by atoms with Crippen molar-refractivity contribution in [1.29, 1.82) is 0 Å². The molecule has 0 aliphatic carbocycles. The third kappa shape index (κ3) is 4.70. The average Bonchev–Trinajstić information content (AvgIpc) is 3.29. The minimum atomic E-state index is -1.53. The maximum absolute atomic E-state index is 12.9. The van der Waals surface area contributed by atoms with Gasteiger partial charge in [0.15, 0.2) is 5.79 Å². The maximum atomic E-state index is 12.9. The fourth-order valence-electron chi connectivity index (χ4n) is 5.68. The quantitative estimate of drug-likeness (QED) is 0.284. The minimum absolute atomic E-state index is 0.148. The van der Waals surface area contributed by atoms with Gasteiger partial charge in [0.1, 0.15) is 23.4 Å². The fourth-order valence-corrected chi connectivity index (χ4v) is 5.68. The molecule has 1 aliphatic rings. The summed E-state index contributed by atoms with van der Waals surface area (Å²) < 4.78 is 20.5. The molecule has 4 aromatic rings. The van der Waals surface area contributed by atoms with Gasteiger partial charge in [0.2, 0.25) is 0 Å². The van der Waals surface area contributed by atoms with Crippen molar-refractivity contribution in [3.8, 4) is 0 Å². The summed E-state index contributed by atoms with van der Waals surface area (Å²) >= 11 is 0. The molecular weight excluding hydrogens is 472 g/mol. The summed E-state index contributed by atoms with van der Waals surface area (Å²) in [5.41, 5.74) is 0.700. The standard InChI is InChI=1S/C34H36O4/c1-25(2)36-34(28-21-13-7-14-22-28,29-23-15-8-16-24-29)31-30(37-32(3,4)38-31)33(35,26-17-9-5-10-18-26)27-19-11-6-12-20-27/h5-25,30-31,35H,1-4H3/t30-,31-/m1/s1. The van der Waals surface area contributed by atoms with Gasteiger partial charge < -0.3 is 19.3 Å². The van der Waals surface area contributed by atoms with Crippen LogP contribution >= 0.6 is 0 Å². The summed E-state index contributed by atoms with van der Waals surface area (Å²) in [7, 11) is 0. The predicted octanol–water partition coefficient (Wildman–Crippen LogP) is 6.81. The van der Waals surface area contributed by atoms with E-state index < -0.39 is 29.2 Å². The SMILES string of the molecule is CC(C)OC(c1ccccc1)(c1ccccc1)[C@@H]1OC(C)(C)O[C@H]1C(O)(c1ccccc1)c1ccccc1. The summed E-state index contributed by atoms with van der Waals surface area (Å²) in [5.74, 6) is -0.984. The Kier molecular flexibility index (Phi) is 7.26. The fraction of sp³-hybridized carbons (Fsp3) is 0.294. The molecule has 196 valence electrons. The molecule has 4 aromatic carbocycles. The van der Waals surface area contributed by atoms with Crippen molar-refractivity contribution in [3.63, 3.8) is 0 Å². The number of hydrogen-bond acceptors (Lipinski definition) is 4. The van der Waals surface area contributed by atoms with Crippen LogP contribution in [0.3, 0.4) is 0 Å². The van der Waals surface area contributed by atoms with E-state index in [1.54, 1.807) is 0 Å². The molecule has 0 spiro atoms. The molecule has 1 fully saturated rings. The third-order valence-corrected chi connectivity index (χ3v) is 7.16. The Labute approximate surface area is 225 Å². The highest BCUT2D eigenvalue weighted by Crippen LogP contribution is 2.52.